The molecule has 110 valence electrons. The number of benzene rings is 2. The summed E-state index contributed by atoms with van der Waals surface area (Å²) in [4.78, 5) is 10.1. The molecule has 0 amide bonds. The van der Waals surface area contributed by atoms with Crippen LogP contribution in [0.5, 0.6) is 5.75 Å². The van der Waals surface area contributed by atoms with Crippen molar-refractivity contribution >= 4 is 49.2 Å². The van der Waals surface area contributed by atoms with Gasteiger partial charge in [0.2, 0.25) is 0 Å². The fraction of sp³-hybridized carbons (Fsp3) is 0. The van der Waals surface area contributed by atoms with E-state index >= 15 is 0 Å². The van der Waals surface area contributed by atoms with Crippen molar-refractivity contribution in [3.8, 4) is 11.8 Å². The number of halogens is 2. The van der Waals surface area contributed by atoms with Crippen molar-refractivity contribution in [2.24, 2.45) is 0 Å². The Labute approximate surface area is 142 Å². The number of aromatic hydroxyl groups is 1. The zero-order valence-corrected chi connectivity index (χ0v) is 14.1. The van der Waals surface area contributed by atoms with E-state index in [1.165, 1.54) is 30.3 Å². The Morgan fingerprint density at radius 2 is 1.91 bits per heavy atom. The van der Waals surface area contributed by atoms with E-state index in [9.17, 15) is 20.5 Å². The molecular weight excluding hydrogens is 416 g/mol. The number of nitro groups is 1. The third-order valence-corrected chi connectivity index (χ3v) is 3.93. The number of hydrogen-bond donors (Lipinski definition) is 1. The molecule has 0 aromatic heterocycles. The Morgan fingerprint density at radius 3 is 2.45 bits per heavy atom. The van der Waals surface area contributed by atoms with Gasteiger partial charge in [0.25, 0.3) is 5.69 Å². The highest BCUT2D eigenvalue weighted by molar-refractivity contribution is 9.11. The van der Waals surface area contributed by atoms with E-state index in [1.54, 1.807) is 12.1 Å². The summed E-state index contributed by atoms with van der Waals surface area (Å²) in [7, 11) is 0. The van der Waals surface area contributed by atoms with E-state index in [2.05, 4.69) is 31.9 Å². The fourth-order valence-electron chi connectivity index (χ4n) is 1.79. The molecule has 0 aliphatic carbocycles. The third kappa shape index (κ3) is 3.53. The SMILES string of the molecule is N#CC(=Cc1cc(Br)cc(Br)c1O)c1ccc([N+](=O)[O-])cc1. The second kappa shape index (κ2) is 6.73. The van der Waals surface area contributed by atoms with Gasteiger partial charge in [-0.05, 0) is 51.8 Å². The van der Waals surface area contributed by atoms with E-state index in [-0.39, 0.29) is 17.0 Å². The van der Waals surface area contributed by atoms with Gasteiger partial charge in [-0.3, -0.25) is 10.1 Å². The van der Waals surface area contributed by atoms with E-state index in [0.717, 1.165) is 4.47 Å². The van der Waals surface area contributed by atoms with Crippen LogP contribution in [0.4, 0.5) is 5.69 Å². The summed E-state index contributed by atoms with van der Waals surface area (Å²) < 4.78 is 1.23. The molecule has 0 radical (unpaired) electrons. The number of phenols is 1. The first-order valence-corrected chi connectivity index (χ1v) is 7.55. The number of non-ortho nitro benzene ring substituents is 1. The molecule has 0 atom stereocenters. The number of phenolic OH excluding ortho intramolecular Hbond substituents is 1. The quantitative estimate of drug-likeness (QED) is 0.329. The van der Waals surface area contributed by atoms with Crippen LogP contribution in [0.25, 0.3) is 11.6 Å². The Kier molecular flexibility index (Phi) is 4.96. The lowest BCUT2D eigenvalue weighted by Gasteiger charge is -2.05. The van der Waals surface area contributed by atoms with Crippen molar-refractivity contribution in [2.75, 3.05) is 0 Å². The van der Waals surface area contributed by atoms with Gasteiger partial charge in [0.15, 0.2) is 0 Å². The highest BCUT2D eigenvalue weighted by Gasteiger charge is 2.10. The molecule has 0 spiro atoms. The summed E-state index contributed by atoms with van der Waals surface area (Å²) in [6.07, 6.45) is 1.52. The van der Waals surface area contributed by atoms with Gasteiger partial charge in [-0.2, -0.15) is 5.26 Å². The molecule has 5 nitrogen and oxygen atoms in total. The number of nitrogens with zero attached hydrogens (tertiary/aromatic N) is 2. The van der Waals surface area contributed by atoms with Crippen LogP contribution in [0.1, 0.15) is 11.1 Å². The second-order valence-corrected chi connectivity index (χ2v) is 6.07. The lowest BCUT2D eigenvalue weighted by molar-refractivity contribution is -0.384. The van der Waals surface area contributed by atoms with Crippen LogP contribution in [-0.2, 0) is 0 Å². The maximum atomic E-state index is 10.6. The maximum Gasteiger partial charge on any atom is 0.269 e. The molecule has 2 rings (SSSR count). The monoisotopic (exact) mass is 422 g/mol. The minimum absolute atomic E-state index is 0.0119. The minimum Gasteiger partial charge on any atom is -0.506 e. The van der Waals surface area contributed by atoms with Gasteiger partial charge in [-0.1, -0.05) is 15.9 Å². The lowest BCUT2D eigenvalue weighted by Crippen LogP contribution is -1.89. The molecule has 0 saturated heterocycles. The van der Waals surface area contributed by atoms with Crippen LogP contribution in [0, 0.1) is 21.4 Å². The van der Waals surface area contributed by atoms with E-state index in [1.807, 2.05) is 6.07 Å². The van der Waals surface area contributed by atoms with Gasteiger partial charge < -0.3 is 5.11 Å². The Hall–Kier alpha value is -2.17. The van der Waals surface area contributed by atoms with Crippen LogP contribution in [0.2, 0.25) is 0 Å². The highest BCUT2D eigenvalue weighted by Crippen LogP contribution is 2.34. The van der Waals surface area contributed by atoms with Crippen molar-refractivity contribution in [3.05, 3.63) is 66.6 Å². The van der Waals surface area contributed by atoms with Gasteiger partial charge in [-0.25, -0.2) is 0 Å². The van der Waals surface area contributed by atoms with Gasteiger partial charge in [0.1, 0.15) is 5.75 Å². The van der Waals surface area contributed by atoms with E-state index in [4.69, 9.17) is 0 Å². The number of nitro benzene ring substituents is 1. The Bertz CT molecular complexity index is 809. The first-order chi connectivity index (χ1) is 10.4. The maximum absolute atomic E-state index is 10.6. The summed E-state index contributed by atoms with van der Waals surface area (Å²) in [6.45, 7) is 0. The average molecular weight is 424 g/mol. The molecule has 0 aliphatic rings. The number of rotatable bonds is 3. The normalized spacial score (nSPS) is 11.0. The summed E-state index contributed by atoms with van der Waals surface area (Å²) in [6, 6.07) is 11.0. The van der Waals surface area contributed by atoms with Gasteiger partial charge in [0, 0.05) is 22.2 Å². The van der Waals surface area contributed by atoms with Crippen LogP contribution in [0.15, 0.2) is 45.3 Å². The largest absolute Gasteiger partial charge is 0.506 e. The third-order valence-electron chi connectivity index (χ3n) is 2.87. The number of nitriles is 1. The molecule has 0 fully saturated rings. The zero-order valence-electron chi connectivity index (χ0n) is 11.0. The van der Waals surface area contributed by atoms with Crippen molar-refractivity contribution in [3.63, 3.8) is 0 Å². The molecule has 2 aromatic rings. The zero-order chi connectivity index (χ0) is 16.3. The summed E-state index contributed by atoms with van der Waals surface area (Å²) in [5.74, 6) is 0.0119. The van der Waals surface area contributed by atoms with Gasteiger partial charge in [0.05, 0.1) is 21.0 Å². The van der Waals surface area contributed by atoms with Crippen molar-refractivity contribution in [2.45, 2.75) is 0 Å². The molecule has 1 N–H and O–H groups in total. The van der Waals surface area contributed by atoms with Crippen LogP contribution in [0.3, 0.4) is 0 Å². The molecule has 22 heavy (non-hydrogen) atoms. The predicted molar refractivity (Wildman–Crippen MR) is 90.1 cm³/mol. The van der Waals surface area contributed by atoms with Gasteiger partial charge in [-0.15, -0.1) is 0 Å². The molecule has 2 aromatic carbocycles. The van der Waals surface area contributed by atoms with E-state index in [0.29, 0.717) is 15.6 Å². The van der Waals surface area contributed by atoms with Crippen molar-refractivity contribution < 1.29 is 10.0 Å². The van der Waals surface area contributed by atoms with Crippen molar-refractivity contribution in [1.82, 2.24) is 0 Å². The molecule has 0 unspecified atom stereocenters. The minimum atomic E-state index is -0.503. The Balaban J connectivity index is 2.48. The number of allylic oxidation sites excluding steroid dienone is 1. The van der Waals surface area contributed by atoms with Crippen LogP contribution >= 0.6 is 31.9 Å². The van der Waals surface area contributed by atoms with E-state index < -0.39 is 4.92 Å². The standard InChI is InChI=1S/C15H8Br2N2O3/c16-12-6-10(15(20)14(17)7-12)5-11(8-18)9-1-3-13(4-2-9)19(21)22/h1-7,20H. The van der Waals surface area contributed by atoms with Crippen molar-refractivity contribution in [1.29, 1.82) is 5.26 Å². The molecule has 7 heteroatoms. The van der Waals surface area contributed by atoms with Crippen LogP contribution < -0.4 is 0 Å². The molecule has 0 bridgehead atoms. The lowest BCUT2D eigenvalue weighted by atomic mass is 10.0. The second-order valence-electron chi connectivity index (χ2n) is 4.30. The fourth-order valence-corrected chi connectivity index (χ4v) is 3.05. The summed E-state index contributed by atoms with van der Waals surface area (Å²) in [5, 5.41) is 30.0. The smallest absolute Gasteiger partial charge is 0.269 e. The average Bonchev–Trinajstić information content (AvgIpc) is 2.49. The molecule has 0 saturated carbocycles. The molecular formula is C15H8Br2N2O3. The first kappa shape index (κ1) is 16.2. The van der Waals surface area contributed by atoms with Crippen LogP contribution in [-0.4, -0.2) is 10.0 Å². The predicted octanol–water partition coefficient (Wildman–Crippen LogP) is 4.89. The molecule has 0 heterocycles. The number of hydrogen-bond acceptors (Lipinski definition) is 4. The Morgan fingerprint density at radius 1 is 1.27 bits per heavy atom. The molecule has 0 aliphatic heterocycles. The topological polar surface area (TPSA) is 87.2 Å². The first-order valence-electron chi connectivity index (χ1n) is 5.97. The highest BCUT2D eigenvalue weighted by atomic mass is 79.9. The van der Waals surface area contributed by atoms with Gasteiger partial charge >= 0.3 is 0 Å². The summed E-state index contributed by atoms with van der Waals surface area (Å²) >= 11 is 6.54. The summed E-state index contributed by atoms with van der Waals surface area (Å²) in [5.41, 5.74) is 1.23.